The third kappa shape index (κ3) is 3.81. The Hall–Kier alpha value is -2.57. The van der Waals surface area contributed by atoms with Crippen LogP contribution in [0, 0.1) is 5.92 Å². The highest BCUT2D eigenvalue weighted by Crippen LogP contribution is 2.21. The zero-order valence-electron chi connectivity index (χ0n) is 15.3. The Kier molecular flexibility index (Phi) is 5.44. The van der Waals surface area contributed by atoms with Crippen molar-refractivity contribution < 1.29 is 19.1 Å². The van der Waals surface area contributed by atoms with Crippen molar-refractivity contribution in [2.24, 2.45) is 5.92 Å². The van der Waals surface area contributed by atoms with E-state index in [2.05, 4.69) is 0 Å². The number of hydrogen-bond acceptors (Lipinski definition) is 4. The molecular formula is C19H25N3O4. The topological polar surface area (TPSA) is 70.2 Å². The van der Waals surface area contributed by atoms with Crippen LogP contribution in [0.3, 0.4) is 0 Å². The molecule has 1 unspecified atom stereocenters. The van der Waals surface area contributed by atoms with Crippen molar-refractivity contribution in [3.63, 3.8) is 0 Å². The summed E-state index contributed by atoms with van der Waals surface area (Å²) in [6.45, 7) is 4.59. The monoisotopic (exact) mass is 359 g/mol. The van der Waals surface area contributed by atoms with Crippen LogP contribution >= 0.6 is 0 Å². The van der Waals surface area contributed by atoms with Crippen molar-refractivity contribution in [1.29, 1.82) is 0 Å². The third-order valence-electron chi connectivity index (χ3n) is 5.08. The molecule has 0 saturated carbocycles. The van der Waals surface area contributed by atoms with Crippen LogP contribution < -0.4 is 4.74 Å². The van der Waals surface area contributed by atoms with E-state index in [1.54, 1.807) is 21.8 Å². The van der Waals surface area contributed by atoms with Gasteiger partial charge in [-0.25, -0.2) is 0 Å². The average molecular weight is 359 g/mol. The maximum absolute atomic E-state index is 12.7. The van der Waals surface area contributed by atoms with Gasteiger partial charge in [0.25, 0.3) is 0 Å². The molecule has 0 radical (unpaired) electrons. The summed E-state index contributed by atoms with van der Waals surface area (Å²) in [6, 6.07) is 7.63. The first-order valence-corrected chi connectivity index (χ1v) is 8.99. The standard InChI is InChI=1S/C19H25N3O4/c1-3-20-12-15(10-17(20)23)19(25)22-8-7-21(18(24)13-22)11-14-5-4-6-16(9-14)26-2/h4-6,9,15H,3,7-8,10-13H2,1-2H3. The van der Waals surface area contributed by atoms with Crippen LogP contribution in [0.2, 0.25) is 0 Å². The molecule has 0 spiro atoms. The first-order valence-electron chi connectivity index (χ1n) is 8.99. The first-order chi connectivity index (χ1) is 12.5. The van der Waals surface area contributed by atoms with E-state index < -0.39 is 0 Å². The lowest BCUT2D eigenvalue weighted by Crippen LogP contribution is -2.53. The fourth-order valence-electron chi connectivity index (χ4n) is 3.56. The number of rotatable bonds is 5. The molecule has 140 valence electrons. The van der Waals surface area contributed by atoms with Gasteiger partial charge in [0.05, 0.1) is 19.6 Å². The van der Waals surface area contributed by atoms with Crippen LogP contribution in [-0.2, 0) is 20.9 Å². The summed E-state index contributed by atoms with van der Waals surface area (Å²) in [5, 5.41) is 0. The van der Waals surface area contributed by atoms with Gasteiger partial charge >= 0.3 is 0 Å². The van der Waals surface area contributed by atoms with E-state index in [0.29, 0.717) is 32.7 Å². The molecule has 0 aliphatic carbocycles. The number of ether oxygens (including phenoxy) is 1. The number of benzene rings is 1. The molecule has 0 N–H and O–H groups in total. The van der Waals surface area contributed by atoms with Crippen LogP contribution in [0.15, 0.2) is 24.3 Å². The minimum Gasteiger partial charge on any atom is -0.497 e. The third-order valence-corrected chi connectivity index (χ3v) is 5.08. The van der Waals surface area contributed by atoms with E-state index in [-0.39, 0.29) is 36.6 Å². The van der Waals surface area contributed by atoms with Gasteiger partial charge in [0, 0.05) is 39.1 Å². The van der Waals surface area contributed by atoms with Crippen molar-refractivity contribution in [3.8, 4) is 5.75 Å². The summed E-state index contributed by atoms with van der Waals surface area (Å²) in [7, 11) is 1.61. The highest BCUT2D eigenvalue weighted by Gasteiger charge is 2.37. The Morgan fingerprint density at radius 1 is 1.19 bits per heavy atom. The van der Waals surface area contributed by atoms with Gasteiger partial charge in [-0.05, 0) is 24.6 Å². The number of piperazine rings is 1. The molecule has 2 aliphatic rings. The van der Waals surface area contributed by atoms with Crippen LogP contribution in [-0.4, -0.2) is 72.3 Å². The summed E-state index contributed by atoms with van der Waals surface area (Å²) in [6.07, 6.45) is 0.255. The Balaban J connectivity index is 1.57. The van der Waals surface area contributed by atoms with Crippen molar-refractivity contribution in [1.82, 2.24) is 14.7 Å². The molecule has 1 aromatic carbocycles. The van der Waals surface area contributed by atoms with E-state index in [1.165, 1.54) is 0 Å². The Labute approximate surface area is 153 Å². The maximum Gasteiger partial charge on any atom is 0.242 e. The van der Waals surface area contributed by atoms with E-state index in [1.807, 2.05) is 31.2 Å². The molecule has 2 saturated heterocycles. The number of likely N-dealkylation sites (tertiary alicyclic amines) is 1. The predicted molar refractivity (Wildman–Crippen MR) is 95.4 cm³/mol. The summed E-state index contributed by atoms with van der Waals surface area (Å²) >= 11 is 0. The molecule has 7 heteroatoms. The van der Waals surface area contributed by atoms with Crippen molar-refractivity contribution in [3.05, 3.63) is 29.8 Å². The van der Waals surface area contributed by atoms with E-state index in [4.69, 9.17) is 4.74 Å². The van der Waals surface area contributed by atoms with E-state index >= 15 is 0 Å². The molecule has 1 atom stereocenters. The van der Waals surface area contributed by atoms with Crippen LogP contribution in [0.25, 0.3) is 0 Å². The Bertz CT molecular complexity index is 706. The Morgan fingerprint density at radius 3 is 2.65 bits per heavy atom. The van der Waals surface area contributed by atoms with Crippen molar-refractivity contribution in [2.45, 2.75) is 19.9 Å². The second-order valence-corrected chi connectivity index (χ2v) is 6.76. The lowest BCUT2D eigenvalue weighted by Gasteiger charge is -2.35. The lowest BCUT2D eigenvalue weighted by molar-refractivity contribution is -0.147. The first kappa shape index (κ1) is 18.2. The number of methoxy groups -OCH3 is 1. The van der Waals surface area contributed by atoms with Crippen LogP contribution in [0.1, 0.15) is 18.9 Å². The molecule has 3 rings (SSSR count). The molecule has 0 bridgehead atoms. The van der Waals surface area contributed by atoms with Gasteiger partial charge in [0.15, 0.2) is 0 Å². The molecule has 26 heavy (non-hydrogen) atoms. The highest BCUT2D eigenvalue weighted by molar-refractivity contribution is 5.92. The fourth-order valence-corrected chi connectivity index (χ4v) is 3.56. The van der Waals surface area contributed by atoms with Gasteiger partial charge < -0.3 is 19.4 Å². The second kappa shape index (κ2) is 7.76. The molecular weight excluding hydrogens is 334 g/mol. The second-order valence-electron chi connectivity index (χ2n) is 6.76. The minimum atomic E-state index is -0.319. The van der Waals surface area contributed by atoms with Gasteiger partial charge in [-0.15, -0.1) is 0 Å². The van der Waals surface area contributed by atoms with E-state index in [9.17, 15) is 14.4 Å². The maximum atomic E-state index is 12.7. The van der Waals surface area contributed by atoms with Crippen LogP contribution in [0.5, 0.6) is 5.75 Å². The van der Waals surface area contributed by atoms with E-state index in [0.717, 1.165) is 11.3 Å². The molecule has 2 aliphatic heterocycles. The smallest absolute Gasteiger partial charge is 0.242 e. The SMILES string of the molecule is CCN1CC(C(=O)N2CCN(Cc3cccc(OC)c3)C(=O)C2)CC1=O. The number of hydrogen-bond donors (Lipinski definition) is 0. The summed E-state index contributed by atoms with van der Waals surface area (Å²) in [4.78, 5) is 42.1. The molecule has 3 amide bonds. The quantitative estimate of drug-likeness (QED) is 0.777. The molecule has 7 nitrogen and oxygen atoms in total. The lowest BCUT2D eigenvalue weighted by atomic mass is 10.1. The molecule has 1 aromatic rings. The minimum absolute atomic E-state index is 0.0221. The molecule has 0 aromatic heterocycles. The Morgan fingerprint density at radius 2 is 2.00 bits per heavy atom. The van der Waals surface area contributed by atoms with Gasteiger partial charge in [0.1, 0.15) is 5.75 Å². The highest BCUT2D eigenvalue weighted by atomic mass is 16.5. The number of carbonyl (C=O) groups excluding carboxylic acids is 3. The van der Waals surface area contributed by atoms with Gasteiger partial charge in [0.2, 0.25) is 17.7 Å². The fraction of sp³-hybridized carbons (Fsp3) is 0.526. The number of nitrogens with zero attached hydrogens (tertiary/aromatic N) is 3. The number of carbonyl (C=O) groups is 3. The normalized spacial score (nSPS) is 20.7. The summed E-state index contributed by atoms with van der Waals surface area (Å²) in [5.74, 6) is 0.317. The summed E-state index contributed by atoms with van der Waals surface area (Å²) < 4.78 is 5.22. The predicted octanol–water partition coefficient (Wildman–Crippen LogP) is 0.734. The van der Waals surface area contributed by atoms with Gasteiger partial charge in [-0.3, -0.25) is 14.4 Å². The average Bonchev–Trinajstić information content (AvgIpc) is 3.03. The molecule has 2 fully saturated rings. The summed E-state index contributed by atoms with van der Waals surface area (Å²) in [5.41, 5.74) is 0.998. The van der Waals surface area contributed by atoms with Crippen molar-refractivity contribution in [2.75, 3.05) is 39.8 Å². The van der Waals surface area contributed by atoms with Gasteiger partial charge in [-0.2, -0.15) is 0 Å². The molecule has 2 heterocycles. The van der Waals surface area contributed by atoms with Crippen LogP contribution in [0.4, 0.5) is 0 Å². The zero-order chi connectivity index (χ0) is 18.7. The number of amides is 3. The largest absolute Gasteiger partial charge is 0.497 e. The van der Waals surface area contributed by atoms with Crippen molar-refractivity contribution >= 4 is 17.7 Å². The van der Waals surface area contributed by atoms with Gasteiger partial charge in [-0.1, -0.05) is 12.1 Å². The zero-order valence-corrected chi connectivity index (χ0v) is 15.3.